The Morgan fingerprint density at radius 2 is 2.30 bits per heavy atom. The Kier molecular flexibility index (Phi) is 3.42. The minimum atomic E-state index is -0.480. The van der Waals surface area contributed by atoms with E-state index in [-0.39, 0.29) is 11.8 Å². The number of nitrogens with one attached hydrogen (secondary N) is 3. The maximum atomic E-state index is 12.1. The molecule has 0 radical (unpaired) electrons. The zero-order valence-corrected chi connectivity index (χ0v) is 11.6. The van der Waals surface area contributed by atoms with Crippen LogP contribution in [-0.2, 0) is 22.6 Å². The first kappa shape index (κ1) is 13.1. The molecule has 6 nitrogen and oxygen atoms in total. The number of hydrogen-bond acceptors (Lipinski definition) is 5. The number of amides is 2. The molecule has 7 heteroatoms. The summed E-state index contributed by atoms with van der Waals surface area (Å²) in [7, 11) is 0. The second-order valence-corrected chi connectivity index (χ2v) is 6.00. The fourth-order valence-electron chi connectivity index (χ4n) is 2.55. The van der Waals surface area contributed by atoms with E-state index in [2.05, 4.69) is 22.0 Å². The number of carbonyl (C=O) groups excluding carboxylic acids is 2. The zero-order valence-electron chi connectivity index (χ0n) is 10.8. The van der Waals surface area contributed by atoms with Gasteiger partial charge in [-0.2, -0.15) is 5.26 Å². The summed E-state index contributed by atoms with van der Waals surface area (Å²) in [6, 6.07) is 1.71. The monoisotopic (exact) mass is 290 g/mol. The Hall–Kier alpha value is -1.91. The summed E-state index contributed by atoms with van der Waals surface area (Å²) in [5.74, 6) is -0.334. The molecule has 2 aliphatic heterocycles. The summed E-state index contributed by atoms with van der Waals surface area (Å²) >= 11 is 1.44. The summed E-state index contributed by atoms with van der Waals surface area (Å²) in [4.78, 5) is 24.4. The van der Waals surface area contributed by atoms with Gasteiger partial charge in [-0.25, -0.2) is 0 Å². The highest BCUT2D eigenvalue weighted by atomic mass is 32.1. The average molecular weight is 290 g/mol. The van der Waals surface area contributed by atoms with Crippen molar-refractivity contribution in [3.63, 3.8) is 0 Å². The van der Waals surface area contributed by atoms with Gasteiger partial charge in [0.2, 0.25) is 11.8 Å². The second kappa shape index (κ2) is 5.23. The topological polar surface area (TPSA) is 94.0 Å². The number of nitriles is 1. The van der Waals surface area contributed by atoms with Crippen molar-refractivity contribution in [1.82, 2.24) is 10.6 Å². The smallest absolute Gasteiger partial charge is 0.247 e. The van der Waals surface area contributed by atoms with E-state index in [0.717, 1.165) is 30.0 Å². The SMILES string of the molecule is N#Cc1c(NC(=O)C2CCC(=O)N2)sc2c1CCNC2. The van der Waals surface area contributed by atoms with Crippen LogP contribution in [0.15, 0.2) is 0 Å². The normalized spacial score (nSPS) is 20.9. The molecule has 1 aromatic heterocycles. The summed E-state index contributed by atoms with van der Waals surface area (Å²) < 4.78 is 0. The molecule has 20 heavy (non-hydrogen) atoms. The maximum Gasteiger partial charge on any atom is 0.247 e. The van der Waals surface area contributed by atoms with E-state index in [4.69, 9.17) is 0 Å². The number of rotatable bonds is 2. The molecule has 2 amide bonds. The van der Waals surface area contributed by atoms with Gasteiger partial charge >= 0.3 is 0 Å². The molecule has 0 bridgehead atoms. The van der Waals surface area contributed by atoms with E-state index in [1.54, 1.807) is 0 Å². The average Bonchev–Trinajstić information content (AvgIpc) is 3.01. The lowest BCUT2D eigenvalue weighted by Gasteiger charge is -2.11. The van der Waals surface area contributed by atoms with Gasteiger partial charge in [0.25, 0.3) is 0 Å². The van der Waals surface area contributed by atoms with Crippen molar-refractivity contribution in [3.05, 3.63) is 16.0 Å². The molecule has 104 valence electrons. The molecule has 0 saturated carbocycles. The third-order valence-electron chi connectivity index (χ3n) is 3.59. The van der Waals surface area contributed by atoms with Crippen molar-refractivity contribution >= 4 is 28.2 Å². The van der Waals surface area contributed by atoms with Crippen LogP contribution in [0.4, 0.5) is 5.00 Å². The molecule has 1 fully saturated rings. The summed E-state index contributed by atoms with van der Waals surface area (Å²) in [5, 5.41) is 18.6. The predicted octanol–water partition coefficient (Wildman–Crippen LogP) is 0.483. The molecular formula is C13H14N4O2S. The third-order valence-corrected chi connectivity index (χ3v) is 4.74. The quantitative estimate of drug-likeness (QED) is 0.738. The highest BCUT2D eigenvalue weighted by Crippen LogP contribution is 2.34. The summed E-state index contributed by atoms with van der Waals surface area (Å²) in [6.45, 7) is 1.59. The zero-order chi connectivity index (χ0) is 14.1. The van der Waals surface area contributed by atoms with Gasteiger partial charge < -0.3 is 16.0 Å². The number of carbonyl (C=O) groups is 2. The van der Waals surface area contributed by atoms with Gasteiger partial charge in [0.15, 0.2) is 0 Å². The summed E-state index contributed by atoms with van der Waals surface area (Å²) in [5.41, 5.74) is 1.62. The Balaban J connectivity index is 1.80. The molecule has 3 heterocycles. The predicted molar refractivity (Wildman–Crippen MR) is 74.2 cm³/mol. The van der Waals surface area contributed by atoms with Crippen LogP contribution in [0, 0.1) is 11.3 Å². The lowest BCUT2D eigenvalue weighted by molar-refractivity contribution is -0.122. The molecule has 1 atom stereocenters. The lowest BCUT2D eigenvalue weighted by Crippen LogP contribution is -2.37. The van der Waals surface area contributed by atoms with Gasteiger partial charge in [-0.1, -0.05) is 0 Å². The van der Waals surface area contributed by atoms with Crippen LogP contribution >= 0.6 is 11.3 Å². The highest BCUT2D eigenvalue weighted by molar-refractivity contribution is 7.16. The second-order valence-electron chi connectivity index (χ2n) is 4.89. The lowest BCUT2D eigenvalue weighted by atomic mass is 10.0. The standard InChI is InChI=1S/C13H14N4O2S/c14-5-8-7-3-4-15-6-10(7)20-13(8)17-12(19)9-1-2-11(18)16-9/h9,15H,1-4,6H2,(H,16,18)(H,17,19). The molecule has 2 aliphatic rings. The maximum absolute atomic E-state index is 12.1. The van der Waals surface area contributed by atoms with E-state index >= 15 is 0 Å². The van der Waals surface area contributed by atoms with Gasteiger partial charge in [-0.15, -0.1) is 11.3 Å². The third kappa shape index (κ3) is 2.28. The molecular weight excluding hydrogens is 276 g/mol. The van der Waals surface area contributed by atoms with Crippen LogP contribution in [0.2, 0.25) is 0 Å². The first-order valence-electron chi connectivity index (χ1n) is 6.54. The van der Waals surface area contributed by atoms with Gasteiger partial charge in [0, 0.05) is 17.8 Å². The molecule has 1 aromatic rings. The minimum Gasteiger partial charge on any atom is -0.344 e. The number of nitrogens with zero attached hydrogens (tertiary/aromatic N) is 1. The van der Waals surface area contributed by atoms with E-state index in [1.807, 2.05) is 0 Å². The molecule has 0 aromatic carbocycles. The van der Waals surface area contributed by atoms with E-state index in [0.29, 0.717) is 23.4 Å². The van der Waals surface area contributed by atoms with Gasteiger partial charge in [-0.3, -0.25) is 9.59 Å². The number of anilines is 1. The largest absolute Gasteiger partial charge is 0.344 e. The Morgan fingerprint density at radius 3 is 3.00 bits per heavy atom. The van der Waals surface area contributed by atoms with Gasteiger partial charge in [0.05, 0.1) is 5.56 Å². The van der Waals surface area contributed by atoms with E-state index in [1.165, 1.54) is 11.3 Å². The van der Waals surface area contributed by atoms with Crippen LogP contribution in [0.1, 0.15) is 28.8 Å². The van der Waals surface area contributed by atoms with Gasteiger partial charge in [-0.05, 0) is 24.9 Å². The first-order chi connectivity index (χ1) is 9.69. The van der Waals surface area contributed by atoms with Crippen LogP contribution in [0.5, 0.6) is 0 Å². The van der Waals surface area contributed by atoms with Crippen molar-refractivity contribution in [3.8, 4) is 6.07 Å². The van der Waals surface area contributed by atoms with E-state index in [9.17, 15) is 14.9 Å². The Labute approximate surface area is 120 Å². The number of hydrogen-bond donors (Lipinski definition) is 3. The van der Waals surface area contributed by atoms with E-state index < -0.39 is 6.04 Å². The molecule has 0 aliphatic carbocycles. The first-order valence-corrected chi connectivity index (χ1v) is 7.36. The van der Waals surface area contributed by atoms with Gasteiger partial charge in [0.1, 0.15) is 17.1 Å². The van der Waals surface area contributed by atoms with Crippen molar-refractivity contribution in [2.45, 2.75) is 31.8 Å². The van der Waals surface area contributed by atoms with Crippen molar-refractivity contribution in [2.24, 2.45) is 0 Å². The number of fused-ring (bicyclic) bond motifs is 1. The van der Waals surface area contributed by atoms with Crippen LogP contribution in [-0.4, -0.2) is 24.4 Å². The molecule has 3 rings (SSSR count). The molecule has 0 spiro atoms. The van der Waals surface area contributed by atoms with Crippen LogP contribution in [0.3, 0.4) is 0 Å². The van der Waals surface area contributed by atoms with Crippen LogP contribution in [0.25, 0.3) is 0 Å². The van der Waals surface area contributed by atoms with Crippen molar-refractivity contribution < 1.29 is 9.59 Å². The van der Waals surface area contributed by atoms with Crippen molar-refractivity contribution in [1.29, 1.82) is 5.26 Å². The number of thiophene rings is 1. The Morgan fingerprint density at radius 1 is 1.45 bits per heavy atom. The minimum absolute atomic E-state index is 0.0969. The summed E-state index contributed by atoms with van der Waals surface area (Å²) in [6.07, 6.45) is 1.71. The fraction of sp³-hybridized carbons (Fsp3) is 0.462. The van der Waals surface area contributed by atoms with Crippen molar-refractivity contribution in [2.75, 3.05) is 11.9 Å². The molecule has 3 N–H and O–H groups in total. The Bertz CT molecular complexity index is 617. The van der Waals surface area contributed by atoms with Crippen LogP contribution < -0.4 is 16.0 Å². The fourth-order valence-corrected chi connectivity index (χ4v) is 3.72. The highest BCUT2D eigenvalue weighted by Gasteiger charge is 2.29. The molecule has 1 unspecified atom stereocenters. The molecule has 1 saturated heterocycles.